The summed E-state index contributed by atoms with van der Waals surface area (Å²) in [5.41, 5.74) is 5.79. The van der Waals surface area contributed by atoms with Gasteiger partial charge in [0.15, 0.2) is 5.65 Å². The number of nitrogens with zero attached hydrogens (tertiary/aromatic N) is 3. The summed E-state index contributed by atoms with van der Waals surface area (Å²) in [5, 5.41) is 13.9. The fraction of sp³-hybridized carbons (Fsp3) is 0.192. The van der Waals surface area contributed by atoms with Gasteiger partial charge in [-0.05, 0) is 42.7 Å². The van der Waals surface area contributed by atoms with E-state index < -0.39 is 12.1 Å². The van der Waals surface area contributed by atoms with Gasteiger partial charge in [0, 0.05) is 29.3 Å². The lowest BCUT2D eigenvalue weighted by atomic mass is 9.97. The molecule has 2 aromatic carbocycles. The van der Waals surface area contributed by atoms with Gasteiger partial charge in [-0.2, -0.15) is 18.3 Å². The number of fused-ring (bicyclic) bond motifs is 1. The van der Waals surface area contributed by atoms with E-state index in [-0.39, 0.29) is 12.0 Å². The molecule has 0 atom stereocenters. The molecule has 2 aromatic heterocycles. The average molecular weight is 463 g/mol. The summed E-state index contributed by atoms with van der Waals surface area (Å²) in [6.45, 7) is 3.71. The summed E-state index contributed by atoms with van der Waals surface area (Å²) in [5.74, 6) is 2.47. The molecule has 5 nitrogen and oxygen atoms in total. The monoisotopic (exact) mass is 463 g/mol. The number of aryl methyl sites for hydroxylation is 2. The minimum absolute atomic E-state index is 0.152. The highest BCUT2D eigenvalue weighted by Gasteiger charge is 2.23. The number of benzene rings is 2. The fourth-order valence-corrected chi connectivity index (χ4v) is 3.89. The van der Waals surface area contributed by atoms with Crippen LogP contribution in [-0.2, 0) is 12.8 Å². The molecular formula is C26H20F3N3O2. The van der Waals surface area contributed by atoms with E-state index in [1.807, 2.05) is 44.2 Å². The Morgan fingerprint density at radius 1 is 1.09 bits per heavy atom. The Morgan fingerprint density at radius 3 is 2.47 bits per heavy atom. The van der Waals surface area contributed by atoms with Gasteiger partial charge in [0.25, 0.3) is 0 Å². The number of aromatic nitrogens is 3. The van der Waals surface area contributed by atoms with Crippen LogP contribution in [0.5, 0.6) is 0 Å². The van der Waals surface area contributed by atoms with Crippen molar-refractivity contribution in [1.82, 2.24) is 14.6 Å². The maximum Gasteiger partial charge on any atom is 0.457 e. The second-order valence-electron chi connectivity index (χ2n) is 7.90. The Labute approximate surface area is 193 Å². The van der Waals surface area contributed by atoms with Crippen LogP contribution in [0.4, 0.5) is 13.2 Å². The number of carboxylic acids is 1. The van der Waals surface area contributed by atoms with Crippen LogP contribution >= 0.6 is 0 Å². The predicted molar refractivity (Wildman–Crippen MR) is 122 cm³/mol. The lowest BCUT2D eigenvalue weighted by molar-refractivity contribution is -0.0697. The molecule has 0 aliphatic rings. The van der Waals surface area contributed by atoms with Gasteiger partial charge < -0.3 is 5.11 Å². The van der Waals surface area contributed by atoms with Crippen molar-refractivity contribution in [2.75, 3.05) is 0 Å². The van der Waals surface area contributed by atoms with Gasteiger partial charge in [-0.15, -0.1) is 0 Å². The van der Waals surface area contributed by atoms with Gasteiger partial charge in [-0.3, -0.25) is 0 Å². The van der Waals surface area contributed by atoms with E-state index in [0.717, 1.165) is 22.5 Å². The maximum atomic E-state index is 12.5. The Kier molecular flexibility index (Phi) is 6.12. The number of halogens is 3. The zero-order chi connectivity index (χ0) is 24.5. The van der Waals surface area contributed by atoms with Crippen molar-refractivity contribution in [3.05, 3.63) is 88.4 Å². The smallest absolute Gasteiger partial charge is 0.457 e. The molecule has 8 heteroatoms. The van der Waals surface area contributed by atoms with Gasteiger partial charge in [0.1, 0.15) is 0 Å². The highest BCUT2D eigenvalue weighted by molar-refractivity contribution is 5.96. The molecule has 0 aliphatic carbocycles. The molecule has 0 radical (unpaired) electrons. The zero-order valence-corrected chi connectivity index (χ0v) is 18.4. The molecule has 0 unspecified atom stereocenters. The highest BCUT2D eigenvalue weighted by atomic mass is 19.4. The molecular weight excluding hydrogens is 443 g/mol. The average Bonchev–Trinajstić information content (AvgIpc) is 3.11. The minimum Gasteiger partial charge on any atom is -0.478 e. The lowest BCUT2D eigenvalue weighted by Gasteiger charge is -2.08. The third-order valence-corrected chi connectivity index (χ3v) is 5.36. The van der Waals surface area contributed by atoms with Gasteiger partial charge in [0.05, 0.1) is 17.7 Å². The number of hydrogen-bond donors (Lipinski definition) is 1. The van der Waals surface area contributed by atoms with Crippen LogP contribution in [0.1, 0.15) is 38.6 Å². The number of carbonyl (C=O) groups is 1. The van der Waals surface area contributed by atoms with Crippen LogP contribution in [0, 0.1) is 25.7 Å². The van der Waals surface area contributed by atoms with Crippen molar-refractivity contribution in [3.63, 3.8) is 0 Å². The Hall–Kier alpha value is -4.12. The van der Waals surface area contributed by atoms with Gasteiger partial charge in [-0.1, -0.05) is 48.4 Å². The summed E-state index contributed by atoms with van der Waals surface area (Å²) in [7, 11) is 0. The Morgan fingerprint density at radius 2 is 1.79 bits per heavy atom. The zero-order valence-electron chi connectivity index (χ0n) is 18.4. The van der Waals surface area contributed by atoms with Crippen molar-refractivity contribution < 1.29 is 23.1 Å². The van der Waals surface area contributed by atoms with Crippen LogP contribution in [0.2, 0.25) is 0 Å². The first kappa shape index (κ1) is 23.1. The van der Waals surface area contributed by atoms with E-state index in [2.05, 4.69) is 16.0 Å². The van der Waals surface area contributed by atoms with Crippen molar-refractivity contribution in [3.8, 4) is 23.0 Å². The molecule has 0 saturated heterocycles. The molecule has 34 heavy (non-hydrogen) atoms. The Balaban J connectivity index is 1.72. The topological polar surface area (TPSA) is 67.5 Å². The van der Waals surface area contributed by atoms with Crippen molar-refractivity contribution in [2.24, 2.45) is 0 Å². The van der Waals surface area contributed by atoms with E-state index >= 15 is 0 Å². The van der Waals surface area contributed by atoms with E-state index in [1.165, 1.54) is 5.92 Å². The first-order valence-corrected chi connectivity index (χ1v) is 10.5. The van der Waals surface area contributed by atoms with Crippen molar-refractivity contribution in [1.29, 1.82) is 0 Å². The van der Waals surface area contributed by atoms with Gasteiger partial charge >= 0.3 is 12.1 Å². The van der Waals surface area contributed by atoms with Crippen LogP contribution in [0.15, 0.2) is 54.6 Å². The number of hydrogen-bond acceptors (Lipinski definition) is 3. The normalized spacial score (nSPS) is 11.3. The molecule has 0 saturated carbocycles. The summed E-state index contributed by atoms with van der Waals surface area (Å²) >= 11 is 0. The summed E-state index contributed by atoms with van der Waals surface area (Å²) < 4.78 is 39.2. The Bertz CT molecular complexity index is 1440. The molecule has 0 spiro atoms. The number of aromatic carboxylic acids is 1. The molecule has 4 rings (SSSR count). The van der Waals surface area contributed by atoms with Crippen molar-refractivity contribution >= 4 is 11.6 Å². The van der Waals surface area contributed by atoms with Crippen LogP contribution in [0.3, 0.4) is 0 Å². The molecule has 0 bridgehead atoms. The molecule has 0 aliphatic heterocycles. The second kappa shape index (κ2) is 9.02. The number of carboxylic acid groups (broad SMARTS) is 1. The third kappa shape index (κ3) is 4.94. The molecule has 172 valence electrons. The standard InChI is InChI=1S/C26H20F3N3O2/c1-16-14-17(2)32-24(30-16)22(23(31-32)8-5-13-26(27,28)29)15-18-9-11-19(12-10-18)20-6-3-4-7-21(20)25(33)34/h3-4,6-7,9-12,14H,8,15H2,1-2H3,(H,33,34). The van der Waals surface area contributed by atoms with Crippen LogP contribution < -0.4 is 0 Å². The van der Waals surface area contributed by atoms with E-state index in [4.69, 9.17) is 0 Å². The van der Waals surface area contributed by atoms with Gasteiger partial charge in [-0.25, -0.2) is 14.3 Å². The molecule has 1 N–H and O–H groups in total. The quantitative estimate of drug-likeness (QED) is 0.402. The minimum atomic E-state index is -4.56. The SMILES string of the molecule is Cc1cc(C)n2nc(CC#CC(F)(F)F)c(Cc3ccc(-c4ccccc4C(=O)O)cc3)c2n1. The summed E-state index contributed by atoms with van der Waals surface area (Å²) in [6, 6.07) is 16.0. The summed E-state index contributed by atoms with van der Waals surface area (Å²) in [6.07, 6.45) is -4.32. The maximum absolute atomic E-state index is 12.5. The molecule has 0 fully saturated rings. The van der Waals surface area contributed by atoms with Crippen molar-refractivity contribution in [2.45, 2.75) is 32.9 Å². The largest absolute Gasteiger partial charge is 0.478 e. The van der Waals surface area contributed by atoms with E-state index in [0.29, 0.717) is 28.9 Å². The fourth-order valence-electron chi connectivity index (χ4n) is 3.89. The first-order chi connectivity index (χ1) is 16.1. The first-order valence-electron chi connectivity index (χ1n) is 10.5. The lowest BCUT2D eigenvalue weighted by Crippen LogP contribution is -2.02. The highest BCUT2D eigenvalue weighted by Crippen LogP contribution is 2.26. The summed E-state index contributed by atoms with van der Waals surface area (Å²) in [4.78, 5) is 16.1. The van der Waals surface area contributed by atoms with E-state index in [9.17, 15) is 23.1 Å². The van der Waals surface area contributed by atoms with E-state index in [1.54, 1.807) is 28.8 Å². The number of alkyl halides is 3. The third-order valence-electron chi connectivity index (χ3n) is 5.36. The number of rotatable bonds is 5. The molecule has 4 aromatic rings. The molecule has 0 amide bonds. The van der Waals surface area contributed by atoms with Crippen LogP contribution in [0.25, 0.3) is 16.8 Å². The molecule has 2 heterocycles. The predicted octanol–water partition coefficient (Wildman–Crippen LogP) is 5.41. The second-order valence-corrected chi connectivity index (χ2v) is 7.90. The van der Waals surface area contributed by atoms with Gasteiger partial charge in [0.2, 0.25) is 0 Å². The van der Waals surface area contributed by atoms with Crippen LogP contribution in [-0.4, -0.2) is 31.9 Å².